The number of carbonyl (C=O) groups is 1. The molecule has 1 N–H and O–H groups in total. The van der Waals surface area contributed by atoms with Gasteiger partial charge in [0.1, 0.15) is 0 Å². The zero-order valence-electron chi connectivity index (χ0n) is 12.6. The van der Waals surface area contributed by atoms with Crippen molar-refractivity contribution in [3.63, 3.8) is 0 Å². The van der Waals surface area contributed by atoms with Crippen molar-refractivity contribution in [2.75, 3.05) is 19.0 Å². The molecule has 0 aliphatic heterocycles. The minimum atomic E-state index is -0.111. The fourth-order valence-electron chi connectivity index (χ4n) is 1.97. The van der Waals surface area contributed by atoms with Gasteiger partial charge in [0.15, 0.2) is 11.5 Å². The number of carbonyl (C=O) groups excluding carboxylic acids is 1. The lowest BCUT2D eigenvalue weighted by Gasteiger charge is -2.11. The fourth-order valence-corrected chi connectivity index (χ4v) is 2.20. The Morgan fingerprint density at radius 1 is 1.18 bits per heavy atom. The largest absolute Gasteiger partial charge is 0.493 e. The van der Waals surface area contributed by atoms with Crippen molar-refractivity contribution in [1.29, 1.82) is 0 Å². The number of hydrogen-bond acceptors (Lipinski definition) is 3. The summed E-state index contributed by atoms with van der Waals surface area (Å²) < 4.78 is 10.8. The van der Waals surface area contributed by atoms with Gasteiger partial charge in [-0.3, -0.25) is 4.79 Å². The van der Waals surface area contributed by atoms with E-state index in [0.29, 0.717) is 16.5 Å². The van der Waals surface area contributed by atoms with E-state index in [0.717, 1.165) is 11.3 Å². The Bertz CT molecular complexity index is 658. The van der Waals surface area contributed by atoms with Crippen molar-refractivity contribution in [2.45, 2.75) is 13.3 Å². The van der Waals surface area contributed by atoms with E-state index < -0.39 is 0 Å². The Balaban J connectivity index is 1.85. The summed E-state index contributed by atoms with van der Waals surface area (Å²) in [6.45, 7) is 2.17. The molecule has 2 aromatic rings. The average Bonchev–Trinajstić information content (AvgIpc) is 2.50. The lowest BCUT2D eigenvalue weighted by atomic mass is 10.2. The molecule has 0 fully saturated rings. The maximum absolute atomic E-state index is 11.9. The lowest BCUT2D eigenvalue weighted by Crippen LogP contribution is -2.16. The summed E-state index contributed by atoms with van der Waals surface area (Å²) in [5, 5.41) is 3.49. The van der Waals surface area contributed by atoms with Crippen LogP contribution in [0.3, 0.4) is 0 Å². The first-order valence-corrected chi connectivity index (χ1v) is 7.30. The van der Waals surface area contributed by atoms with Gasteiger partial charge in [0, 0.05) is 10.7 Å². The number of nitrogens with one attached hydrogen (secondary N) is 1. The SMILES string of the molecule is COc1ccccc1OCCC(=O)Nc1ccc(Cl)cc1C. The minimum absolute atomic E-state index is 0.111. The highest BCUT2D eigenvalue weighted by atomic mass is 35.5. The number of amides is 1. The highest BCUT2D eigenvalue weighted by Crippen LogP contribution is 2.26. The summed E-state index contributed by atoms with van der Waals surface area (Å²) in [6.07, 6.45) is 0.250. The van der Waals surface area contributed by atoms with Crippen LogP contribution in [-0.4, -0.2) is 19.6 Å². The van der Waals surface area contributed by atoms with Gasteiger partial charge in [-0.1, -0.05) is 23.7 Å². The topological polar surface area (TPSA) is 47.6 Å². The molecule has 116 valence electrons. The first kappa shape index (κ1) is 16.2. The standard InChI is InChI=1S/C17H18ClNO3/c1-12-11-13(18)7-8-14(12)19-17(20)9-10-22-16-6-4-3-5-15(16)21-2/h3-8,11H,9-10H2,1-2H3,(H,19,20). The van der Waals surface area contributed by atoms with Crippen LogP contribution in [0, 0.1) is 6.92 Å². The third-order valence-corrected chi connectivity index (χ3v) is 3.35. The zero-order valence-corrected chi connectivity index (χ0v) is 13.3. The molecule has 22 heavy (non-hydrogen) atoms. The summed E-state index contributed by atoms with van der Waals surface area (Å²) >= 11 is 5.89. The van der Waals surface area contributed by atoms with Crippen LogP contribution in [0.15, 0.2) is 42.5 Å². The van der Waals surface area contributed by atoms with Gasteiger partial charge in [0.05, 0.1) is 20.1 Å². The van der Waals surface area contributed by atoms with Crippen molar-refractivity contribution >= 4 is 23.2 Å². The molecule has 0 atom stereocenters. The second kappa shape index (κ2) is 7.71. The highest BCUT2D eigenvalue weighted by Gasteiger charge is 2.07. The number of rotatable bonds is 6. The summed E-state index contributed by atoms with van der Waals surface area (Å²) in [7, 11) is 1.58. The molecule has 2 rings (SSSR count). The van der Waals surface area contributed by atoms with E-state index in [1.807, 2.05) is 31.2 Å². The second-order valence-electron chi connectivity index (χ2n) is 4.76. The summed E-state index contributed by atoms with van der Waals surface area (Å²) in [4.78, 5) is 11.9. The van der Waals surface area contributed by atoms with Gasteiger partial charge in [0.2, 0.25) is 5.91 Å². The van der Waals surface area contributed by atoms with Gasteiger partial charge in [0.25, 0.3) is 0 Å². The van der Waals surface area contributed by atoms with Gasteiger partial charge in [-0.2, -0.15) is 0 Å². The lowest BCUT2D eigenvalue weighted by molar-refractivity contribution is -0.116. The molecule has 0 radical (unpaired) electrons. The Morgan fingerprint density at radius 3 is 2.59 bits per heavy atom. The van der Waals surface area contributed by atoms with Crippen LogP contribution < -0.4 is 14.8 Å². The normalized spacial score (nSPS) is 10.1. The molecule has 0 spiro atoms. The highest BCUT2D eigenvalue weighted by molar-refractivity contribution is 6.30. The molecular weight excluding hydrogens is 302 g/mol. The number of methoxy groups -OCH3 is 1. The molecule has 0 saturated carbocycles. The van der Waals surface area contributed by atoms with Crippen LogP contribution in [0.4, 0.5) is 5.69 Å². The van der Waals surface area contributed by atoms with E-state index in [1.54, 1.807) is 25.3 Å². The quantitative estimate of drug-likeness (QED) is 0.873. The number of ether oxygens (including phenoxy) is 2. The monoisotopic (exact) mass is 319 g/mol. The van der Waals surface area contributed by atoms with Crippen LogP contribution >= 0.6 is 11.6 Å². The van der Waals surface area contributed by atoms with Crippen molar-refractivity contribution in [3.8, 4) is 11.5 Å². The van der Waals surface area contributed by atoms with Crippen molar-refractivity contribution < 1.29 is 14.3 Å². The fraction of sp³-hybridized carbons (Fsp3) is 0.235. The van der Waals surface area contributed by atoms with Gasteiger partial charge >= 0.3 is 0 Å². The summed E-state index contributed by atoms with van der Waals surface area (Å²) in [5.74, 6) is 1.16. The molecule has 0 heterocycles. The van der Waals surface area contributed by atoms with Crippen LogP contribution in [0.5, 0.6) is 11.5 Å². The number of aryl methyl sites for hydroxylation is 1. The van der Waals surface area contributed by atoms with Crippen molar-refractivity contribution in [3.05, 3.63) is 53.1 Å². The van der Waals surface area contributed by atoms with E-state index in [9.17, 15) is 4.79 Å². The number of hydrogen-bond donors (Lipinski definition) is 1. The first-order chi connectivity index (χ1) is 10.6. The maximum atomic E-state index is 11.9. The van der Waals surface area contributed by atoms with Crippen LogP contribution in [0.25, 0.3) is 0 Å². The van der Waals surface area contributed by atoms with Crippen LogP contribution in [-0.2, 0) is 4.79 Å². The average molecular weight is 320 g/mol. The third kappa shape index (κ3) is 4.40. The van der Waals surface area contributed by atoms with Crippen LogP contribution in [0.2, 0.25) is 5.02 Å². The summed E-state index contributed by atoms with van der Waals surface area (Å²) in [6, 6.07) is 12.7. The van der Waals surface area contributed by atoms with E-state index in [4.69, 9.17) is 21.1 Å². The molecule has 0 saturated heterocycles. The van der Waals surface area contributed by atoms with E-state index >= 15 is 0 Å². The second-order valence-corrected chi connectivity index (χ2v) is 5.19. The molecule has 5 heteroatoms. The number of halogens is 1. The van der Waals surface area contributed by atoms with Gasteiger partial charge < -0.3 is 14.8 Å². The van der Waals surface area contributed by atoms with E-state index in [-0.39, 0.29) is 18.9 Å². The minimum Gasteiger partial charge on any atom is -0.493 e. The summed E-state index contributed by atoms with van der Waals surface area (Å²) in [5.41, 5.74) is 1.68. The molecule has 4 nitrogen and oxygen atoms in total. The van der Waals surface area contributed by atoms with Crippen LogP contribution in [0.1, 0.15) is 12.0 Å². The van der Waals surface area contributed by atoms with E-state index in [1.165, 1.54) is 0 Å². The predicted molar refractivity (Wildman–Crippen MR) is 87.9 cm³/mol. The molecule has 1 amide bonds. The van der Waals surface area contributed by atoms with E-state index in [2.05, 4.69) is 5.32 Å². The first-order valence-electron chi connectivity index (χ1n) is 6.92. The number of benzene rings is 2. The molecule has 0 aliphatic carbocycles. The Labute approximate surface area is 135 Å². The Morgan fingerprint density at radius 2 is 1.91 bits per heavy atom. The van der Waals surface area contributed by atoms with Gasteiger partial charge in [-0.25, -0.2) is 0 Å². The Kier molecular flexibility index (Phi) is 5.67. The zero-order chi connectivity index (χ0) is 15.9. The number of anilines is 1. The Hall–Kier alpha value is -2.20. The predicted octanol–water partition coefficient (Wildman–Crippen LogP) is 4.06. The third-order valence-electron chi connectivity index (χ3n) is 3.12. The van der Waals surface area contributed by atoms with Crippen molar-refractivity contribution in [2.24, 2.45) is 0 Å². The molecule has 0 aromatic heterocycles. The van der Waals surface area contributed by atoms with Crippen molar-refractivity contribution in [1.82, 2.24) is 0 Å². The molecule has 0 unspecified atom stereocenters. The maximum Gasteiger partial charge on any atom is 0.227 e. The van der Waals surface area contributed by atoms with Gasteiger partial charge in [-0.05, 0) is 42.8 Å². The smallest absolute Gasteiger partial charge is 0.227 e. The molecule has 0 bridgehead atoms. The number of para-hydroxylation sites is 2. The molecule has 0 aliphatic rings. The van der Waals surface area contributed by atoms with Gasteiger partial charge in [-0.15, -0.1) is 0 Å². The molecular formula is C17H18ClNO3. The molecule has 2 aromatic carbocycles.